The van der Waals surface area contributed by atoms with Crippen molar-refractivity contribution in [3.8, 4) is 17.0 Å². The third-order valence-electron chi connectivity index (χ3n) is 5.77. The zero-order valence-corrected chi connectivity index (χ0v) is 17.5. The van der Waals surface area contributed by atoms with Crippen LogP contribution in [0.3, 0.4) is 0 Å². The van der Waals surface area contributed by atoms with Crippen LogP contribution < -0.4 is 15.0 Å². The standard InChI is InChI=1S/C22H25F3N4O3/c23-22(24,25)7-1-2-16-13-27-19(15-3-4-18-17(12-15)26-8-11-32-18)20(28-16)29-9-5-14(6-10-29)21(30)31/h3-4,12-14,26H,1-2,5-11H2,(H,30,31). The topological polar surface area (TPSA) is 87.6 Å². The summed E-state index contributed by atoms with van der Waals surface area (Å²) in [7, 11) is 0. The summed E-state index contributed by atoms with van der Waals surface area (Å²) in [6, 6.07) is 5.66. The Labute approximate surface area is 183 Å². The Hall–Kier alpha value is -3.04. The van der Waals surface area contributed by atoms with Gasteiger partial charge in [0.15, 0.2) is 5.82 Å². The predicted molar refractivity (Wildman–Crippen MR) is 113 cm³/mol. The quantitative estimate of drug-likeness (QED) is 0.684. The molecule has 1 aromatic carbocycles. The smallest absolute Gasteiger partial charge is 0.389 e. The molecule has 1 aromatic heterocycles. The molecular weight excluding hydrogens is 425 g/mol. The molecule has 0 bridgehead atoms. The van der Waals surface area contributed by atoms with Crippen LogP contribution >= 0.6 is 0 Å². The number of benzene rings is 1. The lowest BCUT2D eigenvalue weighted by atomic mass is 9.96. The van der Waals surface area contributed by atoms with Gasteiger partial charge in [-0.3, -0.25) is 9.78 Å². The van der Waals surface area contributed by atoms with E-state index in [4.69, 9.17) is 4.74 Å². The third-order valence-corrected chi connectivity index (χ3v) is 5.77. The molecule has 32 heavy (non-hydrogen) atoms. The first-order chi connectivity index (χ1) is 15.3. The van der Waals surface area contributed by atoms with E-state index in [9.17, 15) is 23.1 Å². The summed E-state index contributed by atoms with van der Waals surface area (Å²) < 4.78 is 43.3. The van der Waals surface area contributed by atoms with Crippen LogP contribution in [0.25, 0.3) is 11.3 Å². The van der Waals surface area contributed by atoms with E-state index in [0.29, 0.717) is 56.3 Å². The Kier molecular flexibility index (Phi) is 6.38. The SMILES string of the molecule is O=C(O)C1CCN(c2nc(CCCC(F)(F)F)cnc2-c2ccc3c(c2)NCCO3)CC1. The molecule has 0 radical (unpaired) electrons. The highest BCUT2D eigenvalue weighted by Gasteiger charge is 2.28. The molecule has 10 heteroatoms. The zero-order chi connectivity index (χ0) is 22.7. The number of carbonyl (C=O) groups is 1. The number of anilines is 2. The first-order valence-electron chi connectivity index (χ1n) is 10.7. The molecular formula is C22H25F3N4O3. The molecule has 4 rings (SSSR count). The van der Waals surface area contributed by atoms with Crippen LogP contribution in [-0.2, 0) is 11.2 Å². The fourth-order valence-electron chi connectivity index (χ4n) is 4.06. The summed E-state index contributed by atoms with van der Waals surface area (Å²) in [4.78, 5) is 22.5. The summed E-state index contributed by atoms with van der Waals surface area (Å²) in [5.74, 6) is 0.121. The number of carboxylic acids is 1. The summed E-state index contributed by atoms with van der Waals surface area (Å²) in [6.45, 7) is 2.27. The fraction of sp³-hybridized carbons (Fsp3) is 0.500. The van der Waals surface area contributed by atoms with Crippen molar-refractivity contribution in [2.75, 3.05) is 36.5 Å². The van der Waals surface area contributed by atoms with Crippen molar-refractivity contribution in [2.45, 2.75) is 38.3 Å². The number of ether oxygens (including phenoxy) is 1. The predicted octanol–water partition coefficient (Wildman–Crippen LogP) is 4.13. The van der Waals surface area contributed by atoms with Gasteiger partial charge in [0, 0.05) is 37.8 Å². The van der Waals surface area contributed by atoms with E-state index in [-0.39, 0.29) is 12.8 Å². The second-order valence-electron chi connectivity index (χ2n) is 8.09. The van der Waals surface area contributed by atoms with Crippen LogP contribution in [0.5, 0.6) is 5.75 Å². The molecule has 0 unspecified atom stereocenters. The normalized spacial score (nSPS) is 16.8. The molecule has 2 N–H and O–H groups in total. The van der Waals surface area contributed by atoms with Crippen molar-refractivity contribution in [1.29, 1.82) is 0 Å². The minimum atomic E-state index is -4.20. The maximum Gasteiger partial charge on any atom is 0.389 e. The summed E-state index contributed by atoms with van der Waals surface area (Å²) in [5, 5.41) is 12.6. The van der Waals surface area contributed by atoms with Crippen molar-refractivity contribution in [2.24, 2.45) is 5.92 Å². The van der Waals surface area contributed by atoms with Crippen LogP contribution in [0.4, 0.5) is 24.7 Å². The Morgan fingerprint density at radius 2 is 2.06 bits per heavy atom. The number of alkyl halides is 3. The van der Waals surface area contributed by atoms with Crippen LogP contribution in [0.15, 0.2) is 24.4 Å². The van der Waals surface area contributed by atoms with Gasteiger partial charge >= 0.3 is 12.1 Å². The number of piperidine rings is 1. The molecule has 0 aliphatic carbocycles. The van der Waals surface area contributed by atoms with Gasteiger partial charge < -0.3 is 20.1 Å². The minimum Gasteiger partial charge on any atom is -0.490 e. The number of aryl methyl sites for hydroxylation is 1. The van der Waals surface area contributed by atoms with E-state index >= 15 is 0 Å². The summed E-state index contributed by atoms with van der Waals surface area (Å²) in [6.07, 6.45) is -2.46. The van der Waals surface area contributed by atoms with Crippen LogP contribution in [0, 0.1) is 5.92 Å². The Bertz CT molecular complexity index is 975. The highest BCUT2D eigenvalue weighted by atomic mass is 19.4. The van der Waals surface area contributed by atoms with Crippen molar-refractivity contribution in [3.63, 3.8) is 0 Å². The van der Waals surface area contributed by atoms with Gasteiger partial charge in [0.1, 0.15) is 18.1 Å². The number of hydrogen-bond donors (Lipinski definition) is 2. The minimum absolute atomic E-state index is 0.0574. The number of carboxylic acid groups (broad SMARTS) is 1. The Balaban J connectivity index is 1.62. The van der Waals surface area contributed by atoms with E-state index in [1.54, 1.807) is 0 Å². The highest BCUT2D eigenvalue weighted by Crippen LogP contribution is 2.36. The number of aromatic nitrogens is 2. The van der Waals surface area contributed by atoms with Gasteiger partial charge in [0.05, 0.1) is 17.3 Å². The van der Waals surface area contributed by atoms with Gasteiger partial charge in [-0.25, -0.2) is 4.98 Å². The van der Waals surface area contributed by atoms with E-state index < -0.39 is 24.5 Å². The van der Waals surface area contributed by atoms with Crippen molar-refractivity contribution in [3.05, 3.63) is 30.1 Å². The molecule has 2 aliphatic rings. The summed E-state index contributed by atoms with van der Waals surface area (Å²) >= 11 is 0. The first kappa shape index (κ1) is 22.2. The number of fused-ring (bicyclic) bond motifs is 1. The number of nitrogens with zero attached hydrogens (tertiary/aromatic N) is 3. The molecule has 1 saturated heterocycles. The Morgan fingerprint density at radius 3 is 2.78 bits per heavy atom. The van der Waals surface area contributed by atoms with Gasteiger partial charge in [-0.15, -0.1) is 0 Å². The van der Waals surface area contributed by atoms with Crippen molar-refractivity contribution >= 4 is 17.5 Å². The molecule has 2 aliphatic heterocycles. The maximum absolute atomic E-state index is 12.5. The van der Waals surface area contributed by atoms with Gasteiger partial charge in [-0.1, -0.05) is 0 Å². The zero-order valence-electron chi connectivity index (χ0n) is 17.5. The van der Waals surface area contributed by atoms with Crippen LogP contribution in [0.2, 0.25) is 0 Å². The number of aliphatic carboxylic acids is 1. The Morgan fingerprint density at radius 1 is 1.28 bits per heavy atom. The highest BCUT2D eigenvalue weighted by molar-refractivity contribution is 5.77. The van der Waals surface area contributed by atoms with E-state index in [2.05, 4.69) is 15.3 Å². The third kappa shape index (κ3) is 5.23. The molecule has 172 valence electrons. The van der Waals surface area contributed by atoms with Gasteiger partial charge in [0.2, 0.25) is 0 Å². The number of nitrogens with one attached hydrogen (secondary N) is 1. The largest absolute Gasteiger partial charge is 0.490 e. The van der Waals surface area contributed by atoms with E-state index in [0.717, 1.165) is 17.0 Å². The molecule has 7 nitrogen and oxygen atoms in total. The molecule has 0 atom stereocenters. The second kappa shape index (κ2) is 9.22. The number of halogens is 3. The molecule has 0 amide bonds. The summed E-state index contributed by atoms with van der Waals surface area (Å²) in [5.41, 5.74) is 2.77. The lowest BCUT2D eigenvalue weighted by Gasteiger charge is -2.32. The molecule has 2 aromatic rings. The molecule has 0 spiro atoms. The van der Waals surface area contributed by atoms with Crippen LogP contribution in [-0.4, -0.2) is 53.5 Å². The van der Waals surface area contributed by atoms with Crippen LogP contribution in [0.1, 0.15) is 31.4 Å². The van der Waals surface area contributed by atoms with Gasteiger partial charge in [0.25, 0.3) is 0 Å². The number of hydrogen-bond acceptors (Lipinski definition) is 6. The first-order valence-corrected chi connectivity index (χ1v) is 10.7. The van der Waals surface area contributed by atoms with E-state index in [1.807, 2.05) is 23.1 Å². The lowest BCUT2D eigenvalue weighted by molar-refractivity contribution is -0.142. The molecule has 3 heterocycles. The lowest BCUT2D eigenvalue weighted by Crippen LogP contribution is -2.37. The average Bonchev–Trinajstić information content (AvgIpc) is 2.78. The maximum atomic E-state index is 12.5. The van der Waals surface area contributed by atoms with Gasteiger partial charge in [-0.05, 0) is 43.9 Å². The van der Waals surface area contributed by atoms with Crippen molar-refractivity contribution < 1.29 is 27.8 Å². The average molecular weight is 450 g/mol. The van der Waals surface area contributed by atoms with Crippen molar-refractivity contribution in [1.82, 2.24) is 9.97 Å². The fourth-order valence-corrected chi connectivity index (χ4v) is 4.06. The van der Waals surface area contributed by atoms with Gasteiger partial charge in [-0.2, -0.15) is 13.2 Å². The second-order valence-corrected chi connectivity index (χ2v) is 8.09. The molecule has 1 fully saturated rings. The molecule has 0 saturated carbocycles. The monoisotopic (exact) mass is 450 g/mol. The number of rotatable bonds is 6. The van der Waals surface area contributed by atoms with E-state index in [1.165, 1.54) is 6.20 Å².